The molecule has 0 radical (unpaired) electrons. The van der Waals surface area contributed by atoms with Crippen molar-refractivity contribution in [2.75, 3.05) is 6.54 Å². The van der Waals surface area contributed by atoms with Crippen LogP contribution in [0.15, 0.2) is 30.3 Å². The maximum absolute atomic E-state index is 6.22. The molecule has 1 aromatic rings. The Hall–Kier alpha value is -0.860. The third-order valence-electron chi connectivity index (χ3n) is 3.89. The predicted octanol–water partition coefficient (Wildman–Crippen LogP) is 2.24. The van der Waals surface area contributed by atoms with E-state index in [1.165, 1.54) is 18.5 Å². The maximum Gasteiger partial charge on any atom is 0.0237 e. The normalized spacial score (nSPS) is 31.6. The highest BCUT2D eigenvalue weighted by atomic mass is 15.2. The highest BCUT2D eigenvalue weighted by Crippen LogP contribution is 2.22. The lowest BCUT2D eigenvalue weighted by molar-refractivity contribution is 0.0995. The molecule has 1 aliphatic heterocycles. The molecule has 0 aromatic heterocycles. The van der Waals surface area contributed by atoms with E-state index in [2.05, 4.69) is 49.1 Å². The molecule has 1 heterocycles. The lowest BCUT2D eigenvalue weighted by Crippen LogP contribution is -2.53. The van der Waals surface area contributed by atoms with Crippen LogP contribution in [-0.4, -0.2) is 23.5 Å². The molecule has 88 valence electrons. The topological polar surface area (TPSA) is 29.3 Å². The molecule has 1 saturated heterocycles. The minimum absolute atomic E-state index is 0.317. The van der Waals surface area contributed by atoms with Gasteiger partial charge in [0.1, 0.15) is 0 Å². The van der Waals surface area contributed by atoms with Gasteiger partial charge in [0.25, 0.3) is 0 Å². The fourth-order valence-corrected chi connectivity index (χ4v) is 2.53. The summed E-state index contributed by atoms with van der Waals surface area (Å²) < 4.78 is 0. The standard InChI is InChI=1S/C14H22N2/c1-11-8-9-16(12(2)14(11)15)10-13-6-4-3-5-7-13/h3-7,11-12,14H,8-10,15H2,1-2H3. The van der Waals surface area contributed by atoms with Crippen LogP contribution in [0.25, 0.3) is 0 Å². The second-order valence-corrected chi connectivity index (χ2v) is 5.04. The summed E-state index contributed by atoms with van der Waals surface area (Å²) in [7, 11) is 0. The summed E-state index contributed by atoms with van der Waals surface area (Å²) in [4.78, 5) is 2.50. The molecule has 1 aliphatic rings. The van der Waals surface area contributed by atoms with Crippen molar-refractivity contribution < 1.29 is 0 Å². The molecule has 2 N–H and O–H groups in total. The molecule has 2 nitrogen and oxygen atoms in total. The van der Waals surface area contributed by atoms with Crippen molar-refractivity contribution >= 4 is 0 Å². The second-order valence-electron chi connectivity index (χ2n) is 5.04. The monoisotopic (exact) mass is 218 g/mol. The number of likely N-dealkylation sites (tertiary alicyclic amines) is 1. The van der Waals surface area contributed by atoms with E-state index in [9.17, 15) is 0 Å². The predicted molar refractivity (Wildman–Crippen MR) is 68.1 cm³/mol. The van der Waals surface area contributed by atoms with Gasteiger partial charge in [-0.05, 0) is 31.4 Å². The summed E-state index contributed by atoms with van der Waals surface area (Å²) in [6.07, 6.45) is 1.22. The third kappa shape index (κ3) is 2.45. The fourth-order valence-electron chi connectivity index (χ4n) is 2.53. The third-order valence-corrected chi connectivity index (χ3v) is 3.89. The van der Waals surface area contributed by atoms with Crippen LogP contribution in [0, 0.1) is 5.92 Å². The number of hydrogen-bond donors (Lipinski definition) is 1. The van der Waals surface area contributed by atoms with Crippen molar-refractivity contribution in [2.45, 2.75) is 38.9 Å². The largest absolute Gasteiger partial charge is 0.326 e. The molecule has 1 aromatic carbocycles. The molecule has 3 unspecified atom stereocenters. The first-order valence-corrected chi connectivity index (χ1v) is 6.22. The summed E-state index contributed by atoms with van der Waals surface area (Å²) in [6, 6.07) is 11.5. The van der Waals surface area contributed by atoms with Crippen LogP contribution in [0.3, 0.4) is 0 Å². The Kier molecular flexibility index (Phi) is 3.62. The van der Waals surface area contributed by atoms with Crippen molar-refractivity contribution in [3.63, 3.8) is 0 Å². The smallest absolute Gasteiger partial charge is 0.0237 e. The van der Waals surface area contributed by atoms with Crippen LogP contribution in [0.4, 0.5) is 0 Å². The van der Waals surface area contributed by atoms with E-state index in [1.54, 1.807) is 0 Å². The summed E-state index contributed by atoms with van der Waals surface area (Å²) in [5.41, 5.74) is 7.61. The van der Waals surface area contributed by atoms with E-state index in [0.717, 1.165) is 6.54 Å². The van der Waals surface area contributed by atoms with Crippen LogP contribution in [0.1, 0.15) is 25.8 Å². The zero-order valence-corrected chi connectivity index (χ0v) is 10.3. The van der Waals surface area contributed by atoms with E-state index in [1.807, 2.05) is 0 Å². The van der Waals surface area contributed by atoms with E-state index in [-0.39, 0.29) is 0 Å². The lowest BCUT2D eigenvalue weighted by atomic mass is 9.88. The molecule has 1 fully saturated rings. The van der Waals surface area contributed by atoms with E-state index < -0.39 is 0 Å². The average molecular weight is 218 g/mol. The first kappa shape index (κ1) is 11.6. The van der Waals surface area contributed by atoms with Gasteiger partial charge in [-0.1, -0.05) is 37.3 Å². The zero-order valence-electron chi connectivity index (χ0n) is 10.3. The molecule has 0 amide bonds. The number of benzene rings is 1. The Bertz CT molecular complexity index is 323. The van der Waals surface area contributed by atoms with Crippen molar-refractivity contribution in [2.24, 2.45) is 11.7 Å². The minimum Gasteiger partial charge on any atom is -0.326 e. The molecule has 2 rings (SSSR count). The van der Waals surface area contributed by atoms with Gasteiger partial charge >= 0.3 is 0 Å². The molecular formula is C14H22N2. The SMILES string of the molecule is CC1CCN(Cc2ccccc2)C(C)C1N. The van der Waals surface area contributed by atoms with Crippen molar-refractivity contribution in [3.05, 3.63) is 35.9 Å². The number of piperidine rings is 1. The van der Waals surface area contributed by atoms with Crippen LogP contribution >= 0.6 is 0 Å². The van der Waals surface area contributed by atoms with E-state index in [0.29, 0.717) is 18.0 Å². The van der Waals surface area contributed by atoms with Gasteiger partial charge in [0, 0.05) is 18.6 Å². The summed E-state index contributed by atoms with van der Waals surface area (Å²) in [6.45, 7) is 6.72. The van der Waals surface area contributed by atoms with Gasteiger partial charge in [-0.25, -0.2) is 0 Å². The van der Waals surface area contributed by atoms with Gasteiger partial charge in [-0.3, -0.25) is 4.90 Å². The maximum atomic E-state index is 6.22. The molecular weight excluding hydrogens is 196 g/mol. The lowest BCUT2D eigenvalue weighted by Gasteiger charge is -2.41. The zero-order chi connectivity index (χ0) is 11.5. The summed E-state index contributed by atoms with van der Waals surface area (Å²) in [5, 5.41) is 0. The van der Waals surface area contributed by atoms with Crippen molar-refractivity contribution in [1.82, 2.24) is 4.90 Å². The summed E-state index contributed by atoms with van der Waals surface area (Å²) >= 11 is 0. The molecule has 2 heteroatoms. The first-order chi connectivity index (χ1) is 7.68. The molecule has 0 saturated carbocycles. The minimum atomic E-state index is 0.317. The highest BCUT2D eigenvalue weighted by Gasteiger charge is 2.29. The van der Waals surface area contributed by atoms with Gasteiger partial charge in [-0.15, -0.1) is 0 Å². The van der Waals surface area contributed by atoms with Crippen LogP contribution in [0.2, 0.25) is 0 Å². The Balaban J connectivity index is 2.00. The molecule has 0 spiro atoms. The van der Waals surface area contributed by atoms with E-state index >= 15 is 0 Å². The molecule has 3 atom stereocenters. The summed E-state index contributed by atoms with van der Waals surface area (Å²) in [5.74, 6) is 0.655. The van der Waals surface area contributed by atoms with Crippen molar-refractivity contribution in [3.8, 4) is 0 Å². The van der Waals surface area contributed by atoms with Gasteiger partial charge in [0.2, 0.25) is 0 Å². The second kappa shape index (κ2) is 4.98. The average Bonchev–Trinajstić information content (AvgIpc) is 2.31. The van der Waals surface area contributed by atoms with E-state index in [4.69, 9.17) is 5.73 Å². The van der Waals surface area contributed by atoms with Gasteiger partial charge in [-0.2, -0.15) is 0 Å². The molecule has 16 heavy (non-hydrogen) atoms. The fraction of sp³-hybridized carbons (Fsp3) is 0.571. The number of rotatable bonds is 2. The number of hydrogen-bond acceptors (Lipinski definition) is 2. The van der Waals surface area contributed by atoms with Crippen LogP contribution in [-0.2, 0) is 6.54 Å². The van der Waals surface area contributed by atoms with Gasteiger partial charge in [0.15, 0.2) is 0 Å². The van der Waals surface area contributed by atoms with Gasteiger partial charge < -0.3 is 5.73 Å². The van der Waals surface area contributed by atoms with Crippen LogP contribution < -0.4 is 5.73 Å². The highest BCUT2D eigenvalue weighted by molar-refractivity contribution is 5.14. The Labute approximate surface area is 98.4 Å². The van der Waals surface area contributed by atoms with Crippen LogP contribution in [0.5, 0.6) is 0 Å². The van der Waals surface area contributed by atoms with Crippen molar-refractivity contribution in [1.29, 1.82) is 0 Å². The quantitative estimate of drug-likeness (QED) is 0.825. The molecule has 0 bridgehead atoms. The van der Waals surface area contributed by atoms with Gasteiger partial charge in [0.05, 0.1) is 0 Å². The number of nitrogens with two attached hydrogens (primary N) is 1. The molecule has 0 aliphatic carbocycles. The first-order valence-electron chi connectivity index (χ1n) is 6.22. The Morgan fingerprint density at radius 1 is 1.25 bits per heavy atom. The Morgan fingerprint density at radius 2 is 1.94 bits per heavy atom. The Morgan fingerprint density at radius 3 is 2.62 bits per heavy atom. The number of nitrogens with zero attached hydrogens (tertiary/aromatic N) is 1.